The van der Waals surface area contributed by atoms with Gasteiger partial charge in [0.05, 0.1) is 5.75 Å². The van der Waals surface area contributed by atoms with Gasteiger partial charge in [0, 0.05) is 6.54 Å². The Hall–Kier alpha value is -1.28. The number of hydrogen-bond donors (Lipinski definition) is 2. The van der Waals surface area contributed by atoms with Gasteiger partial charge in [-0.25, -0.2) is 15.0 Å². The fraction of sp³-hybridized carbons (Fsp3) is 0.400. The third-order valence-corrected chi connectivity index (χ3v) is 1.86. The summed E-state index contributed by atoms with van der Waals surface area (Å²) in [6.07, 6.45) is 2.56. The van der Waals surface area contributed by atoms with Crippen molar-refractivity contribution in [1.82, 2.24) is 15.0 Å². The van der Waals surface area contributed by atoms with Crippen LogP contribution in [0.3, 0.4) is 0 Å². The smallest absolute Gasteiger partial charge is 0.266 e. The van der Waals surface area contributed by atoms with Crippen LogP contribution in [-0.4, -0.2) is 40.2 Å². The Morgan fingerprint density at radius 1 is 1.38 bits per heavy atom. The molecule has 1 aromatic rings. The average Bonchev–Trinajstić information content (AvgIpc) is 2.04. The molecule has 1 aromatic heterocycles. The number of rotatable bonds is 4. The molecule has 0 aliphatic heterocycles. The van der Waals surface area contributed by atoms with Crippen molar-refractivity contribution in [1.29, 1.82) is 0 Å². The molecule has 72 valence electrons. The summed E-state index contributed by atoms with van der Waals surface area (Å²) in [5.74, 6) is -0.0998. The lowest BCUT2D eigenvalue weighted by molar-refractivity contribution is 0.484. The average molecular weight is 204 g/mol. The molecule has 0 bridgehead atoms. The molecule has 1 rings (SSSR count). The van der Waals surface area contributed by atoms with E-state index in [1.807, 2.05) is 0 Å². The first-order valence-corrected chi connectivity index (χ1v) is 5.00. The number of aromatic nitrogens is 3. The summed E-state index contributed by atoms with van der Waals surface area (Å²) in [5, 5.41) is 2.60. The van der Waals surface area contributed by atoms with E-state index in [1.54, 1.807) is 0 Å². The molecule has 0 atom stereocenters. The van der Waals surface area contributed by atoms with E-state index in [4.69, 9.17) is 4.55 Å². The summed E-state index contributed by atoms with van der Waals surface area (Å²) in [6.45, 7) is 0.0584. The molecule has 0 saturated carbocycles. The molecule has 0 unspecified atom stereocenters. The SMILES string of the molecule is O=S(=O)(O)CCNc1ncncn1. The maximum atomic E-state index is 10.3. The molecule has 0 saturated heterocycles. The predicted octanol–water partition coefficient (Wildman–Crippen LogP) is -0.829. The predicted molar refractivity (Wildman–Crippen MR) is 44.7 cm³/mol. The number of nitrogens with zero attached hydrogens (tertiary/aromatic N) is 3. The quantitative estimate of drug-likeness (QED) is 0.616. The fourth-order valence-electron chi connectivity index (χ4n) is 0.622. The van der Waals surface area contributed by atoms with E-state index >= 15 is 0 Å². The maximum Gasteiger partial charge on any atom is 0.266 e. The van der Waals surface area contributed by atoms with Crippen molar-refractivity contribution in [3.05, 3.63) is 12.7 Å². The van der Waals surface area contributed by atoms with Crippen LogP contribution in [0.1, 0.15) is 0 Å². The van der Waals surface area contributed by atoms with Gasteiger partial charge in [-0.05, 0) is 0 Å². The number of anilines is 1. The van der Waals surface area contributed by atoms with Gasteiger partial charge in [0.25, 0.3) is 10.1 Å². The zero-order chi connectivity index (χ0) is 9.73. The first-order chi connectivity index (χ1) is 6.08. The molecule has 7 nitrogen and oxygen atoms in total. The third kappa shape index (κ3) is 4.33. The van der Waals surface area contributed by atoms with E-state index in [0.29, 0.717) is 0 Å². The summed E-state index contributed by atoms with van der Waals surface area (Å²) >= 11 is 0. The molecular formula is C5H8N4O3S. The number of hydrogen-bond acceptors (Lipinski definition) is 6. The van der Waals surface area contributed by atoms with Crippen LogP contribution in [0.2, 0.25) is 0 Å². The summed E-state index contributed by atoms with van der Waals surface area (Å²) in [4.78, 5) is 10.9. The summed E-state index contributed by atoms with van der Waals surface area (Å²) in [6, 6.07) is 0. The van der Waals surface area contributed by atoms with Gasteiger partial charge in [-0.2, -0.15) is 8.42 Å². The Morgan fingerprint density at radius 2 is 2.00 bits per heavy atom. The fourth-order valence-corrected chi connectivity index (χ4v) is 0.982. The Kier molecular flexibility index (Phi) is 3.09. The van der Waals surface area contributed by atoms with Crippen LogP contribution in [-0.2, 0) is 10.1 Å². The second-order valence-electron chi connectivity index (χ2n) is 2.17. The lowest BCUT2D eigenvalue weighted by atomic mass is 10.7. The van der Waals surface area contributed by atoms with E-state index < -0.39 is 10.1 Å². The van der Waals surface area contributed by atoms with Gasteiger partial charge in [0.2, 0.25) is 5.95 Å². The zero-order valence-electron chi connectivity index (χ0n) is 6.58. The van der Waals surface area contributed by atoms with Gasteiger partial charge in [-0.1, -0.05) is 0 Å². The highest BCUT2D eigenvalue weighted by atomic mass is 32.2. The minimum Gasteiger partial charge on any atom is -0.353 e. The van der Waals surface area contributed by atoms with Crippen LogP contribution in [0.4, 0.5) is 5.95 Å². The first-order valence-electron chi connectivity index (χ1n) is 3.39. The highest BCUT2D eigenvalue weighted by molar-refractivity contribution is 7.85. The van der Waals surface area contributed by atoms with Crippen LogP contribution in [0, 0.1) is 0 Å². The maximum absolute atomic E-state index is 10.3. The Balaban J connectivity index is 2.37. The lowest BCUT2D eigenvalue weighted by Gasteiger charge is -2.00. The molecule has 2 N–H and O–H groups in total. The topological polar surface area (TPSA) is 105 Å². The highest BCUT2D eigenvalue weighted by Crippen LogP contribution is 1.91. The molecule has 0 aromatic carbocycles. The van der Waals surface area contributed by atoms with E-state index in [-0.39, 0.29) is 18.2 Å². The normalized spacial score (nSPS) is 11.2. The van der Waals surface area contributed by atoms with Gasteiger partial charge in [0.15, 0.2) is 0 Å². The Labute approximate surface area is 75.0 Å². The van der Waals surface area contributed by atoms with Gasteiger partial charge < -0.3 is 5.32 Å². The Bertz CT molecular complexity index is 351. The van der Waals surface area contributed by atoms with Gasteiger partial charge in [0.1, 0.15) is 12.7 Å². The van der Waals surface area contributed by atoms with Crippen LogP contribution in [0.5, 0.6) is 0 Å². The summed E-state index contributed by atoms with van der Waals surface area (Å²) < 4.78 is 28.9. The minimum atomic E-state index is -3.93. The zero-order valence-corrected chi connectivity index (χ0v) is 7.40. The van der Waals surface area contributed by atoms with E-state index in [9.17, 15) is 8.42 Å². The highest BCUT2D eigenvalue weighted by Gasteiger charge is 2.03. The first kappa shape index (κ1) is 9.81. The van der Waals surface area contributed by atoms with Gasteiger partial charge in [-0.15, -0.1) is 0 Å². The van der Waals surface area contributed by atoms with Crippen molar-refractivity contribution in [2.75, 3.05) is 17.6 Å². The standard InChI is InChI=1S/C5H8N4O3S/c10-13(11,12)2-1-7-5-8-3-6-4-9-5/h3-4H,1-2H2,(H,10,11,12)(H,6,7,8,9). The van der Waals surface area contributed by atoms with Crippen LogP contribution in [0.15, 0.2) is 12.7 Å². The third-order valence-electron chi connectivity index (χ3n) is 1.14. The summed E-state index contributed by atoms with van der Waals surface area (Å²) in [7, 11) is -3.93. The van der Waals surface area contributed by atoms with Gasteiger partial charge in [-0.3, -0.25) is 4.55 Å². The molecule has 0 radical (unpaired) electrons. The molecule has 0 fully saturated rings. The van der Waals surface area contributed by atoms with Gasteiger partial charge >= 0.3 is 0 Å². The minimum absolute atomic E-state index is 0.0584. The van der Waals surface area contributed by atoms with Crippen molar-refractivity contribution in [2.45, 2.75) is 0 Å². The van der Waals surface area contributed by atoms with Crippen molar-refractivity contribution < 1.29 is 13.0 Å². The van der Waals surface area contributed by atoms with E-state index in [2.05, 4.69) is 20.3 Å². The molecule has 0 aliphatic rings. The molecule has 0 spiro atoms. The van der Waals surface area contributed by atoms with Crippen LogP contribution >= 0.6 is 0 Å². The van der Waals surface area contributed by atoms with Crippen LogP contribution < -0.4 is 5.32 Å². The molecule has 1 heterocycles. The molecular weight excluding hydrogens is 196 g/mol. The molecule has 0 aliphatic carbocycles. The summed E-state index contributed by atoms with van der Waals surface area (Å²) in [5.41, 5.74) is 0. The molecule has 0 amide bonds. The van der Waals surface area contributed by atoms with Crippen LogP contribution in [0.25, 0.3) is 0 Å². The van der Waals surface area contributed by atoms with Crippen molar-refractivity contribution in [2.24, 2.45) is 0 Å². The number of nitrogens with one attached hydrogen (secondary N) is 1. The second-order valence-corrected chi connectivity index (χ2v) is 3.75. The molecule has 8 heteroatoms. The van der Waals surface area contributed by atoms with Crippen molar-refractivity contribution in [3.8, 4) is 0 Å². The lowest BCUT2D eigenvalue weighted by Crippen LogP contribution is -2.15. The Morgan fingerprint density at radius 3 is 2.54 bits per heavy atom. The van der Waals surface area contributed by atoms with Crippen molar-refractivity contribution in [3.63, 3.8) is 0 Å². The second kappa shape index (κ2) is 4.10. The van der Waals surface area contributed by atoms with E-state index in [1.165, 1.54) is 12.7 Å². The monoisotopic (exact) mass is 204 g/mol. The molecule has 13 heavy (non-hydrogen) atoms. The van der Waals surface area contributed by atoms with Crippen molar-refractivity contribution >= 4 is 16.1 Å². The largest absolute Gasteiger partial charge is 0.353 e. The van der Waals surface area contributed by atoms with E-state index in [0.717, 1.165) is 0 Å².